The van der Waals surface area contributed by atoms with E-state index in [1.165, 1.54) is 0 Å². The van der Waals surface area contributed by atoms with Crippen LogP contribution in [0.1, 0.15) is 46.2 Å². The number of amides is 1. The van der Waals surface area contributed by atoms with Gasteiger partial charge >= 0.3 is 12.1 Å². The smallest absolute Gasteiger partial charge is 0.410 e. The van der Waals surface area contributed by atoms with Crippen LogP contribution in [0.4, 0.5) is 4.79 Å². The van der Waals surface area contributed by atoms with Crippen LogP contribution in [0.5, 0.6) is 0 Å². The second-order valence-electron chi connectivity index (χ2n) is 7.58. The number of rotatable bonds is 4. The van der Waals surface area contributed by atoms with Crippen LogP contribution >= 0.6 is 15.9 Å². The summed E-state index contributed by atoms with van der Waals surface area (Å²) in [6, 6.07) is 3.76. The molecule has 0 unspecified atom stereocenters. The van der Waals surface area contributed by atoms with E-state index in [9.17, 15) is 9.59 Å². The third-order valence-electron chi connectivity index (χ3n) is 4.42. The zero-order valence-corrected chi connectivity index (χ0v) is 17.5. The number of pyridine rings is 1. The molecule has 1 amide bonds. The molecular formula is C19H27BrN2O4. The summed E-state index contributed by atoms with van der Waals surface area (Å²) in [5.41, 5.74) is -0.386. The van der Waals surface area contributed by atoms with Gasteiger partial charge in [-0.1, -0.05) is 0 Å². The molecule has 0 N–H and O–H groups in total. The maximum absolute atomic E-state index is 12.7. The van der Waals surface area contributed by atoms with Gasteiger partial charge in [0.15, 0.2) is 0 Å². The summed E-state index contributed by atoms with van der Waals surface area (Å²) in [5, 5.41) is 0. The fraction of sp³-hybridized carbons (Fsp3) is 0.632. The highest BCUT2D eigenvalue weighted by Gasteiger charge is 2.44. The van der Waals surface area contributed by atoms with E-state index in [-0.39, 0.29) is 12.1 Å². The van der Waals surface area contributed by atoms with Crippen LogP contribution in [-0.4, -0.2) is 47.2 Å². The van der Waals surface area contributed by atoms with Crippen molar-refractivity contribution in [2.45, 2.75) is 52.6 Å². The second-order valence-corrected chi connectivity index (χ2v) is 8.43. The molecule has 7 heteroatoms. The van der Waals surface area contributed by atoms with Gasteiger partial charge < -0.3 is 14.4 Å². The van der Waals surface area contributed by atoms with E-state index in [0.717, 1.165) is 10.2 Å². The third kappa shape index (κ3) is 5.19. The van der Waals surface area contributed by atoms with Crippen LogP contribution in [0.2, 0.25) is 0 Å². The highest BCUT2D eigenvalue weighted by atomic mass is 79.9. The number of hydrogen-bond acceptors (Lipinski definition) is 5. The van der Waals surface area contributed by atoms with E-state index in [1.54, 1.807) is 18.0 Å². The van der Waals surface area contributed by atoms with Crippen LogP contribution < -0.4 is 0 Å². The fourth-order valence-electron chi connectivity index (χ4n) is 3.05. The Kier molecular flexibility index (Phi) is 6.66. The highest BCUT2D eigenvalue weighted by molar-refractivity contribution is 9.10. The summed E-state index contributed by atoms with van der Waals surface area (Å²) in [5.74, 6) is -0.221. The van der Waals surface area contributed by atoms with E-state index in [0.29, 0.717) is 39.0 Å². The van der Waals surface area contributed by atoms with Crippen molar-refractivity contribution in [2.24, 2.45) is 5.41 Å². The van der Waals surface area contributed by atoms with E-state index >= 15 is 0 Å². The predicted molar refractivity (Wildman–Crippen MR) is 102 cm³/mol. The molecule has 0 aliphatic carbocycles. The minimum atomic E-state index is -0.675. The Bertz CT molecular complexity index is 649. The van der Waals surface area contributed by atoms with Gasteiger partial charge in [0.05, 0.1) is 17.7 Å². The van der Waals surface area contributed by atoms with Crippen molar-refractivity contribution in [2.75, 3.05) is 19.7 Å². The molecule has 6 nitrogen and oxygen atoms in total. The van der Waals surface area contributed by atoms with E-state index < -0.39 is 11.0 Å². The first kappa shape index (κ1) is 20.7. The largest absolute Gasteiger partial charge is 0.466 e. The number of ether oxygens (including phenoxy) is 2. The molecule has 2 heterocycles. The Morgan fingerprint density at radius 2 is 1.96 bits per heavy atom. The zero-order chi connectivity index (χ0) is 19.4. The zero-order valence-electron chi connectivity index (χ0n) is 15.9. The first-order valence-electron chi connectivity index (χ1n) is 8.91. The van der Waals surface area contributed by atoms with Gasteiger partial charge in [-0.25, -0.2) is 4.79 Å². The van der Waals surface area contributed by atoms with Crippen LogP contribution in [0, 0.1) is 5.41 Å². The summed E-state index contributed by atoms with van der Waals surface area (Å²) in [6.07, 6.45) is 2.90. The average molecular weight is 427 g/mol. The summed E-state index contributed by atoms with van der Waals surface area (Å²) in [4.78, 5) is 31.1. The van der Waals surface area contributed by atoms with Crippen LogP contribution in [0.25, 0.3) is 0 Å². The SMILES string of the molecule is CCOC(=O)C1(Cc2ncccc2Br)CCN(C(=O)OC(C)(C)C)CC1. The number of nitrogens with zero attached hydrogens (tertiary/aromatic N) is 2. The van der Waals surface area contributed by atoms with Gasteiger partial charge in [-0.15, -0.1) is 0 Å². The lowest BCUT2D eigenvalue weighted by Gasteiger charge is -2.40. The predicted octanol–water partition coefficient (Wildman–Crippen LogP) is 3.97. The molecule has 0 radical (unpaired) electrons. The first-order chi connectivity index (χ1) is 12.2. The molecule has 1 saturated heterocycles. The Morgan fingerprint density at radius 1 is 1.31 bits per heavy atom. The second kappa shape index (κ2) is 8.37. The van der Waals surface area contributed by atoms with Crippen LogP contribution in [0.3, 0.4) is 0 Å². The molecule has 0 bridgehead atoms. The number of likely N-dealkylation sites (tertiary alicyclic amines) is 1. The van der Waals surface area contributed by atoms with E-state index in [1.807, 2.05) is 32.9 Å². The van der Waals surface area contributed by atoms with E-state index in [4.69, 9.17) is 9.47 Å². The molecule has 0 saturated carbocycles. The maximum Gasteiger partial charge on any atom is 0.410 e. The van der Waals surface area contributed by atoms with E-state index in [2.05, 4.69) is 20.9 Å². The number of halogens is 1. The molecule has 26 heavy (non-hydrogen) atoms. The molecule has 1 aliphatic heterocycles. The van der Waals surface area contributed by atoms with Crippen LogP contribution in [-0.2, 0) is 20.7 Å². The maximum atomic E-state index is 12.7. The Balaban J connectivity index is 2.14. The molecule has 1 aromatic rings. The van der Waals surface area contributed by atoms with Crippen molar-refractivity contribution in [3.05, 3.63) is 28.5 Å². The summed E-state index contributed by atoms with van der Waals surface area (Å²) >= 11 is 3.50. The van der Waals surface area contributed by atoms with Gasteiger partial charge in [-0.05, 0) is 68.6 Å². The number of carbonyl (C=O) groups is 2. The molecule has 0 atom stereocenters. The summed E-state index contributed by atoms with van der Waals surface area (Å²) in [7, 11) is 0. The van der Waals surface area contributed by atoms with Crippen molar-refractivity contribution in [3.63, 3.8) is 0 Å². The van der Waals surface area contributed by atoms with Gasteiger partial charge in [0.2, 0.25) is 0 Å². The van der Waals surface area contributed by atoms with Crippen molar-refractivity contribution in [1.82, 2.24) is 9.88 Å². The number of hydrogen-bond donors (Lipinski definition) is 0. The normalized spacial score (nSPS) is 16.9. The highest BCUT2D eigenvalue weighted by Crippen LogP contribution is 2.38. The number of piperidine rings is 1. The Hall–Kier alpha value is -1.63. The van der Waals surface area contributed by atoms with Gasteiger partial charge in [0, 0.05) is 30.2 Å². The molecule has 2 rings (SSSR count). The number of aromatic nitrogens is 1. The fourth-order valence-corrected chi connectivity index (χ4v) is 3.45. The van der Waals surface area contributed by atoms with Gasteiger partial charge in [0.1, 0.15) is 5.60 Å². The molecule has 0 spiro atoms. The molecule has 0 aromatic carbocycles. The quantitative estimate of drug-likeness (QED) is 0.681. The molecule has 1 fully saturated rings. The van der Waals surface area contributed by atoms with Crippen LogP contribution in [0.15, 0.2) is 22.8 Å². The first-order valence-corrected chi connectivity index (χ1v) is 9.71. The minimum Gasteiger partial charge on any atom is -0.466 e. The standard InChI is InChI=1S/C19H27BrN2O4/c1-5-25-16(23)19(13-15-14(20)7-6-10-21-15)8-11-22(12-9-19)17(24)26-18(2,3)4/h6-7,10H,5,8-9,11-13H2,1-4H3. The van der Waals surface area contributed by atoms with Gasteiger partial charge in [-0.3, -0.25) is 9.78 Å². The topological polar surface area (TPSA) is 68.7 Å². The lowest BCUT2D eigenvalue weighted by molar-refractivity contribution is -0.158. The summed E-state index contributed by atoms with van der Waals surface area (Å²) in [6.45, 7) is 8.58. The van der Waals surface area contributed by atoms with Crippen molar-refractivity contribution in [3.8, 4) is 0 Å². The summed E-state index contributed by atoms with van der Waals surface area (Å²) < 4.78 is 11.7. The van der Waals surface area contributed by atoms with Gasteiger partial charge in [-0.2, -0.15) is 0 Å². The van der Waals surface area contributed by atoms with Crippen molar-refractivity contribution >= 4 is 28.0 Å². The lowest BCUT2D eigenvalue weighted by Crippen LogP contribution is -2.49. The molecule has 144 valence electrons. The number of carbonyl (C=O) groups excluding carboxylic acids is 2. The molecule has 1 aliphatic rings. The van der Waals surface area contributed by atoms with Gasteiger partial charge in [0.25, 0.3) is 0 Å². The van der Waals surface area contributed by atoms with Crippen molar-refractivity contribution < 1.29 is 19.1 Å². The monoisotopic (exact) mass is 426 g/mol. The third-order valence-corrected chi connectivity index (χ3v) is 5.14. The Labute approximate surface area is 163 Å². The lowest BCUT2D eigenvalue weighted by atomic mass is 9.74. The average Bonchev–Trinajstić information content (AvgIpc) is 2.56. The minimum absolute atomic E-state index is 0.221. The molecule has 1 aromatic heterocycles. The molecular weight excluding hydrogens is 400 g/mol. The Morgan fingerprint density at radius 3 is 2.50 bits per heavy atom. The van der Waals surface area contributed by atoms with Crippen molar-refractivity contribution in [1.29, 1.82) is 0 Å². The number of esters is 1.